The van der Waals surface area contributed by atoms with E-state index in [4.69, 9.17) is 0 Å². The van der Waals surface area contributed by atoms with E-state index in [-0.39, 0.29) is 26.9 Å². The molecule has 0 spiro atoms. The van der Waals surface area contributed by atoms with E-state index in [2.05, 4.69) is 15.6 Å². The van der Waals surface area contributed by atoms with E-state index in [9.17, 15) is 18.0 Å². The van der Waals surface area contributed by atoms with Crippen LogP contribution in [0.3, 0.4) is 0 Å². The molecule has 1 aliphatic rings. The van der Waals surface area contributed by atoms with Crippen molar-refractivity contribution in [3.05, 3.63) is 68.7 Å². The van der Waals surface area contributed by atoms with Gasteiger partial charge < -0.3 is 10.6 Å². The standard InChI is InChI=1S/C21H19N3O4S2/c1-11-4-6-17-16(8-11)21(26)24-19-12(2)15(5-7-18(19)30(17,27)28)20(25)23-10-14-9-22-13(3)29-14/h4-9H,10H2,1-3H3,(H,23,25)(H,24,26). The zero-order valence-corrected chi connectivity index (χ0v) is 18.2. The molecule has 2 amide bonds. The van der Waals surface area contributed by atoms with Gasteiger partial charge in [-0.25, -0.2) is 13.4 Å². The normalized spacial score (nSPS) is 14.3. The van der Waals surface area contributed by atoms with E-state index in [1.54, 1.807) is 32.2 Å². The van der Waals surface area contributed by atoms with Gasteiger partial charge in [-0.1, -0.05) is 11.6 Å². The smallest absolute Gasteiger partial charge is 0.257 e. The van der Waals surface area contributed by atoms with Gasteiger partial charge in [0, 0.05) is 16.6 Å². The van der Waals surface area contributed by atoms with Gasteiger partial charge in [0.25, 0.3) is 11.8 Å². The highest BCUT2D eigenvalue weighted by atomic mass is 32.2. The molecule has 4 rings (SSSR count). The van der Waals surface area contributed by atoms with Gasteiger partial charge in [-0.3, -0.25) is 9.59 Å². The molecule has 0 saturated heterocycles. The van der Waals surface area contributed by atoms with Gasteiger partial charge in [0.1, 0.15) is 0 Å². The number of sulfone groups is 1. The summed E-state index contributed by atoms with van der Waals surface area (Å²) in [5.41, 5.74) is 1.70. The maximum atomic E-state index is 13.2. The number of fused-ring (bicyclic) bond motifs is 2. The lowest BCUT2D eigenvalue weighted by Gasteiger charge is -2.14. The predicted octanol–water partition coefficient (Wildman–Crippen LogP) is 3.40. The van der Waals surface area contributed by atoms with E-state index in [0.29, 0.717) is 17.7 Å². The van der Waals surface area contributed by atoms with Crippen molar-refractivity contribution in [3.8, 4) is 0 Å². The third-order valence-corrected chi connectivity index (χ3v) is 7.73. The highest BCUT2D eigenvalue weighted by Crippen LogP contribution is 2.37. The molecule has 0 unspecified atom stereocenters. The number of nitrogens with zero attached hydrogens (tertiary/aromatic N) is 1. The molecule has 0 aliphatic carbocycles. The van der Waals surface area contributed by atoms with Crippen molar-refractivity contribution in [2.75, 3.05) is 5.32 Å². The Morgan fingerprint density at radius 1 is 1.13 bits per heavy atom. The molecule has 0 saturated carbocycles. The van der Waals surface area contributed by atoms with Crippen LogP contribution in [-0.4, -0.2) is 25.2 Å². The number of hydrogen-bond acceptors (Lipinski definition) is 6. The van der Waals surface area contributed by atoms with Crippen molar-refractivity contribution in [1.82, 2.24) is 10.3 Å². The van der Waals surface area contributed by atoms with E-state index in [0.717, 1.165) is 15.4 Å². The molecule has 2 N–H and O–H groups in total. The van der Waals surface area contributed by atoms with E-state index < -0.39 is 15.7 Å². The van der Waals surface area contributed by atoms with Crippen LogP contribution in [0.4, 0.5) is 5.69 Å². The summed E-state index contributed by atoms with van der Waals surface area (Å²) in [5.74, 6) is -0.873. The largest absolute Gasteiger partial charge is 0.347 e. The number of rotatable bonds is 3. The Morgan fingerprint density at radius 3 is 2.57 bits per heavy atom. The van der Waals surface area contributed by atoms with Crippen molar-refractivity contribution in [2.24, 2.45) is 0 Å². The van der Waals surface area contributed by atoms with Crippen LogP contribution in [0.5, 0.6) is 0 Å². The second kappa shape index (κ2) is 7.33. The van der Waals surface area contributed by atoms with Crippen LogP contribution in [0.15, 0.2) is 46.3 Å². The molecule has 7 nitrogen and oxygen atoms in total. The summed E-state index contributed by atoms with van der Waals surface area (Å²) >= 11 is 1.49. The van der Waals surface area contributed by atoms with Crippen molar-refractivity contribution >= 4 is 38.7 Å². The quantitative estimate of drug-likeness (QED) is 0.648. The van der Waals surface area contributed by atoms with Crippen LogP contribution in [0.1, 0.15) is 41.7 Å². The first-order chi connectivity index (χ1) is 14.2. The minimum atomic E-state index is -3.93. The van der Waals surface area contributed by atoms with E-state index in [1.165, 1.54) is 29.5 Å². The van der Waals surface area contributed by atoms with Crippen LogP contribution < -0.4 is 10.6 Å². The minimum Gasteiger partial charge on any atom is -0.347 e. The number of anilines is 1. The van der Waals surface area contributed by atoms with Crippen molar-refractivity contribution in [3.63, 3.8) is 0 Å². The maximum absolute atomic E-state index is 13.2. The molecule has 1 aliphatic heterocycles. The summed E-state index contributed by atoms with van der Waals surface area (Å²) in [6, 6.07) is 7.50. The van der Waals surface area contributed by atoms with Crippen LogP contribution >= 0.6 is 11.3 Å². The number of aryl methyl sites for hydroxylation is 2. The number of nitrogens with one attached hydrogen (secondary N) is 2. The molecule has 0 fully saturated rings. The van der Waals surface area contributed by atoms with Gasteiger partial charge in [0.2, 0.25) is 9.84 Å². The third kappa shape index (κ3) is 3.40. The van der Waals surface area contributed by atoms with Gasteiger partial charge in [-0.2, -0.15) is 0 Å². The zero-order chi connectivity index (χ0) is 21.6. The fourth-order valence-corrected chi connectivity index (χ4v) is 5.80. The first-order valence-electron chi connectivity index (χ1n) is 9.18. The fraction of sp³-hybridized carbons (Fsp3) is 0.190. The van der Waals surface area contributed by atoms with Crippen LogP contribution in [0.25, 0.3) is 0 Å². The topological polar surface area (TPSA) is 105 Å². The Balaban J connectivity index is 1.73. The summed E-state index contributed by atoms with van der Waals surface area (Å²) in [4.78, 5) is 30.5. The highest BCUT2D eigenvalue weighted by Gasteiger charge is 2.33. The molecular formula is C21H19N3O4S2. The maximum Gasteiger partial charge on any atom is 0.257 e. The number of hydrogen-bond donors (Lipinski definition) is 2. The number of carbonyl (C=O) groups is 2. The molecule has 2 aromatic carbocycles. The lowest BCUT2D eigenvalue weighted by molar-refractivity contribution is 0.0949. The summed E-state index contributed by atoms with van der Waals surface area (Å²) in [7, 11) is -3.93. The first-order valence-corrected chi connectivity index (χ1v) is 11.5. The number of benzene rings is 2. The molecule has 0 radical (unpaired) electrons. The van der Waals surface area contributed by atoms with Crippen LogP contribution in [0.2, 0.25) is 0 Å². The molecule has 0 bridgehead atoms. The molecule has 1 aromatic heterocycles. The number of amides is 2. The summed E-state index contributed by atoms with van der Waals surface area (Å²) in [6.07, 6.45) is 1.70. The van der Waals surface area contributed by atoms with Gasteiger partial charge >= 0.3 is 0 Å². The van der Waals surface area contributed by atoms with Crippen LogP contribution in [0, 0.1) is 20.8 Å². The van der Waals surface area contributed by atoms with Gasteiger partial charge in [-0.15, -0.1) is 11.3 Å². The summed E-state index contributed by atoms with van der Waals surface area (Å²) < 4.78 is 26.4. The second-order valence-electron chi connectivity index (χ2n) is 7.10. The number of aromatic nitrogens is 1. The molecular weight excluding hydrogens is 422 g/mol. The average Bonchev–Trinajstić information content (AvgIpc) is 3.09. The first kappa shape index (κ1) is 20.2. The Kier molecular flexibility index (Phi) is 4.95. The lowest BCUT2D eigenvalue weighted by atomic mass is 10.1. The molecule has 9 heteroatoms. The summed E-state index contributed by atoms with van der Waals surface area (Å²) in [6.45, 7) is 5.61. The molecule has 0 atom stereocenters. The van der Waals surface area contributed by atoms with Crippen molar-refractivity contribution in [1.29, 1.82) is 0 Å². The molecule has 3 aromatic rings. The molecule has 2 heterocycles. The monoisotopic (exact) mass is 441 g/mol. The third-order valence-electron chi connectivity index (χ3n) is 4.96. The van der Waals surface area contributed by atoms with Gasteiger partial charge in [0.05, 0.1) is 32.6 Å². The Hall–Kier alpha value is -3.04. The Labute approximate surface area is 178 Å². The fourth-order valence-electron chi connectivity index (χ4n) is 3.42. The average molecular weight is 442 g/mol. The summed E-state index contributed by atoms with van der Waals surface area (Å²) in [5, 5.41) is 6.42. The van der Waals surface area contributed by atoms with E-state index in [1.807, 2.05) is 6.92 Å². The van der Waals surface area contributed by atoms with Gasteiger partial charge in [-0.05, 0) is 50.6 Å². The molecule has 154 valence electrons. The molecule has 30 heavy (non-hydrogen) atoms. The van der Waals surface area contributed by atoms with Crippen molar-refractivity contribution < 1.29 is 18.0 Å². The second-order valence-corrected chi connectivity index (χ2v) is 10.3. The number of carbonyl (C=O) groups excluding carboxylic acids is 2. The SMILES string of the molecule is Cc1ccc2c(c1)C(=O)Nc1c(ccc(C(=O)NCc3cnc(C)s3)c1C)S2(=O)=O. The minimum absolute atomic E-state index is 0.0226. The van der Waals surface area contributed by atoms with Crippen molar-refractivity contribution in [2.45, 2.75) is 37.1 Å². The lowest BCUT2D eigenvalue weighted by Crippen LogP contribution is -2.24. The van der Waals surface area contributed by atoms with Gasteiger partial charge in [0.15, 0.2) is 0 Å². The van der Waals surface area contributed by atoms with E-state index >= 15 is 0 Å². The van der Waals surface area contributed by atoms with Crippen LogP contribution in [-0.2, 0) is 16.4 Å². The zero-order valence-electron chi connectivity index (χ0n) is 16.6. The predicted molar refractivity (Wildman–Crippen MR) is 114 cm³/mol. The number of thiazole rings is 1. The Morgan fingerprint density at radius 2 is 1.87 bits per heavy atom. The highest BCUT2D eigenvalue weighted by molar-refractivity contribution is 7.91. The Bertz CT molecular complexity index is 1310.